The van der Waals surface area contributed by atoms with Gasteiger partial charge in [0.25, 0.3) is 0 Å². The predicted octanol–water partition coefficient (Wildman–Crippen LogP) is 3.89. The minimum absolute atomic E-state index is 0.422. The van der Waals surface area contributed by atoms with Gasteiger partial charge in [-0.15, -0.1) is 11.3 Å². The summed E-state index contributed by atoms with van der Waals surface area (Å²) >= 11 is 1.88. The Morgan fingerprint density at radius 2 is 1.84 bits per heavy atom. The molecule has 0 aromatic carbocycles. The van der Waals surface area contributed by atoms with Gasteiger partial charge in [-0.05, 0) is 33.2 Å². The third-order valence-corrected chi connectivity index (χ3v) is 5.25. The molecule has 19 heavy (non-hydrogen) atoms. The van der Waals surface area contributed by atoms with Crippen LogP contribution in [0.4, 0.5) is 5.13 Å². The summed E-state index contributed by atoms with van der Waals surface area (Å²) in [6.07, 6.45) is 6.80. The molecule has 1 fully saturated rings. The van der Waals surface area contributed by atoms with E-state index in [1.54, 1.807) is 0 Å². The minimum Gasteiger partial charge on any atom is -0.348 e. The van der Waals surface area contributed by atoms with E-state index in [9.17, 15) is 0 Å². The van der Waals surface area contributed by atoms with Crippen LogP contribution in [-0.2, 0) is 0 Å². The van der Waals surface area contributed by atoms with Crippen LogP contribution in [-0.4, -0.2) is 24.6 Å². The Hall–Kier alpha value is -0.610. The number of anilines is 1. The molecule has 0 radical (unpaired) electrons. The standard InChI is InChI=1S/C15H27N3S/c1-4-16-12(2)14-13(3)17-15(19-14)18-10-8-6-5-7-9-11-18/h12,16H,4-11H2,1-3H3. The second-order valence-corrected chi connectivity index (χ2v) is 6.49. The van der Waals surface area contributed by atoms with Crippen LogP contribution in [0.2, 0.25) is 0 Å². The van der Waals surface area contributed by atoms with Crippen molar-refractivity contribution in [1.82, 2.24) is 10.3 Å². The van der Waals surface area contributed by atoms with Crippen molar-refractivity contribution in [2.75, 3.05) is 24.5 Å². The predicted molar refractivity (Wildman–Crippen MR) is 84.2 cm³/mol. The third kappa shape index (κ3) is 3.93. The van der Waals surface area contributed by atoms with Gasteiger partial charge in [0.15, 0.2) is 5.13 Å². The number of hydrogen-bond donors (Lipinski definition) is 1. The zero-order valence-corrected chi connectivity index (χ0v) is 13.4. The molecule has 0 spiro atoms. The molecule has 3 nitrogen and oxygen atoms in total. The van der Waals surface area contributed by atoms with Gasteiger partial charge < -0.3 is 10.2 Å². The number of rotatable bonds is 4. The molecule has 1 atom stereocenters. The molecule has 0 amide bonds. The van der Waals surface area contributed by atoms with Gasteiger partial charge in [-0.1, -0.05) is 26.2 Å². The fourth-order valence-corrected chi connectivity index (χ4v) is 3.91. The first kappa shape index (κ1) is 14.8. The molecule has 1 aromatic rings. The van der Waals surface area contributed by atoms with Crippen LogP contribution >= 0.6 is 11.3 Å². The van der Waals surface area contributed by atoms with Crippen molar-refractivity contribution >= 4 is 16.5 Å². The molecule has 1 N–H and O–H groups in total. The maximum Gasteiger partial charge on any atom is 0.185 e. The first-order valence-electron chi connectivity index (χ1n) is 7.68. The Morgan fingerprint density at radius 1 is 1.21 bits per heavy atom. The number of nitrogens with zero attached hydrogens (tertiary/aromatic N) is 2. The molecule has 1 saturated heterocycles. The molecular formula is C15H27N3S. The lowest BCUT2D eigenvalue weighted by atomic mass is 10.1. The number of aromatic nitrogens is 1. The maximum absolute atomic E-state index is 4.81. The Kier molecular flexibility index (Phi) is 5.64. The van der Waals surface area contributed by atoms with E-state index in [4.69, 9.17) is 4.98 Å². The Labute approximate surface area is 121 Å². The molecule has 1 aromatic heterocycles. The number of thiazole rings is 1. The van der Waals surface area contributed by atoms with E-state index in [1.165, 1.54) is 60.9 Å². The van der Waals surface area contributed by atoms with Crippen molar-refractivity contribution in [2.45, 2.75) is 58.9 Å². The molecule has 1 unspecified atom stereocenters. The summed E-state index contributed by atoms with van der Waals surface area (Å²) < 4.78 is 0. The Balaban J connectivity index is 2.08. The molecule has 0 saturated carbocycles. The summed E-state index contributed by atoms with van der Waals surface area (Å²) in [5, 5.41) is 4.73. The van der Waals surface area contributed by atoms with Gasteiger partial charge in [-0.2, -0.15) is 0 Å². The summed E-state index contributed by atoms with van der Waals surface area (Å²) in [7, 11) is 0. The Bertz CT molecular complexity index is 381. The summed E-state index contributed by atoms with van der Waals surface area (Å²) in [6.45, 7) is 9.92. The topological polar surface area (TPSA) is 28.2 Å². The maximum atomic E-state index is 4.81. The van der Waals surface area contributed by atoms with Crippen LogP contribution in [0.5, 0.6) is 0 Å². The van der Waals surface area contributed by atoms with E-state index in [0.29, 0.717) is 6.04 Å². The smallest absolute Gasteiger partial charge is 0.185 e. The highest BCUT2D eigenvalue weighted by molar-refractivity contribution is 7.15. The highest BCUT2D eigenvalue weighted by Crippen LogP contribution is 2.31. The molecule has 2 heterocycles. The normalized spacial score (nSPS) is 19.0. The lowest BCUT2D eigenvalue weighted by Crippen LogP contribution is -2.26. The van der Waals surface area contributed by atoms with Crippen LogP contribution in [0.15, 0.2) is 0 Å². The second kappa shape index (κ2) is 7.25. The van der Waals surface area contributed by atoms with Crippen molar-refractivity contribution in [3.05, 3.63) is 10.6 Å². The second-order valence-electron chi connectivity index (χ2n) is 5.48. The average molecular weight is 281 g/mol. The van der Waals surface area contributed by atoms with Gasteiger partial charge in [0.1, 0.15) is 0 Å². The van der Waals surface area contributed by atoms with E-state index >= 15 is 0 Å². The first-order valence-corrected chi connectivity index (χ1v) is 8.49. The van der Waals surface area contributed by atoms with Crippen LogP contribution in [0, 0.1) is 6.92 Å². The van der Waals surface area contributed by atoms with Crippen LogP contribution < -0.4 is 10.2 Å². The summed E-state index contributed by atoms with van der Waals surface area (Å²) in [5.41, 5.74) is 1.20. The van der Waals surface area contributed by atoms with Gasteiger partial charge in [-0.25, -0.2) is 4.98 Å². The van der Waals surface area contributed by atoms with Crippen LogP contribution in [0.25, 0.3) is 0 Å². The highest BCUT2D eigenvalue weighted by Gasteiger charge is 2.18. The molecule has 4 heteroatoms. The first-order chi connectivity index (χ1) is 9.22. The van der Waals surface area contributed by atoms with Gasteiger partial charge in [0.05, 0.1) is 5.69 Å². The fourth-order valence-electron chi connectivity index (χ4n) is 2.77. The van der Waals surface area contributed by atoms with Gasteiger partial charge in [0.2, 0.25) is 0 Å². The largest absolute Gasteiger partial charge is 0.348 e. The third-order valence-electron chi connectivity index (χ3n) is 3.85. The average Bonchev–Trinajstić information content (AvgIpc) is 2.71. The molecule has 1 aliphatic rings. The number of hydrogen-bond acceptors (Lipinski definition) is 4. The van der Waals surface area contributed by atoms with E-state index in [2.05, 4.69) is 31.0 Å². The zero-order valence-electron chi connectivity index (χ0n) is 12.5. The number of nitrogens with one attached hydrogen (secondary N) is 1. The van der Waals surface area contributed by atoms with Gasteiger partial charge >= 0.3 is 0 Å². The van der Waals surface area contributed by atoms with E-state index in [0.717, 1.165) is 6.54 Å². The molecule has 1 aliphatic heterocycles. The molecule has 2 rings (SSSR count). The SMILES string of the molecule is CCNC(C)c1sc(N2CCCCCCC2)nc1C. The molecular weight excluding hydrogens is 254 g/mol. The van der Waals surface area contributed by atoms with Gasteiger partial charge in [-0.3, -0.25) is 0 Å². The zero-order chi connectivity index (χ0) is 13.7. The van der Waals surface area contributed by atoms with Crippen molar-refractivity contribution in [3.8, 4) is 0 Å². The van der Waals surface area contributed by atoms with Crippen molar-refractivity contribution < 1.29 is 0 Å². The number of aryl methyl sites for hydroxylation is 1. The lowest BCUT2D eigenvalue weighted by molar-refractivity contribution is 0.556. The van der Waals surface area contributed by atoms with Crippen molar-refractivity contribution in [1.29, 1.82) is 0 Å². The minimum atomic E-state index is 0.422. The summed E-state index contributed by atoms with van der Waals surface area (Å²) in [4.78, 5) is 8.72. The molecule has 108 valence electrons. The monoisotopic (exact) mass is 281 g/mol. The van der Waals surface area contributed by atoms with E-state index < -0.39 is 0 Å². The Morgan fingerprint density at radius 3 is 2.47 bits per heavy atom. The lowest BCUT2D eigenvalue weighted by Gasteiger charge is -2.24. The van der Waals surface area contributed by atoms with Crippen molar-refractivity contribution in [3.63, 3.8) is 0 Å². The van der Waals surface area contributed by atoms with Crippen molar-refractivity contribution in [2.24, 2.45) is 0 Å². The van der Waals surface area contributed by atoms with Crippen LogP contribution in [0.3, 0.4) is 0 Å². The van der Waals surface area contributed by atoms with E-state index in [-0.39, 0.29) is 0 Å². The highest BCUT2D eigenvalue weighted by atomic mass is 32.1. The summed E-state index contributed by atoms with van der Waals surface area (Å²) in [6, 6.07) is 0.422. The molecule has 0 bridgehead atoms. The van der Waals surface area contributed by atoms with E-state index in [1.807, 2.05) is 11.3 Å². The van der Waals surface area contributed by atoms with Gasteiger partial charge in [0, 0.05) is 24.0 Å². The van der Waals surface area contributed by atoms with Crippen LogP contribution in [0.1, 0.15) is 62.6 Å². The quantitative estimate of drug-likeness (QED) is 0.907. The summed E-state index contributed by atoms with van der Waals surface area (Å²) in [5.74, 6) is 0. The molecule has 0 aliphatic carbocycles. The fraction of sp³-hybridized carbons (Fsp3) is 0.800.